The average molecular weight is 274 g/mol. The lowest BCUT2D eigenvalue weighted by atomic mass is 10.2. The molecular formula is C14H18N4O2. The molecule has 1 heterocycles. The Hall–Kier alpha value is -2.34. The van der Waals surface area contributed by atoms with Gasteiger partial charge in [-0.2, -0.15) is 5.10 Å². The molecule has 0 spiro atoms. The average Bonchev–Trinajstić information content (AvgIpc) is 2.89. The summed E-state index contributed by atoms with van der Waals surface area (Å²) in [5.41, 5.74) is 7.43. The largest absolute Gasteiger partial charge is 0.483 e. The molecule has 3 N–H and O–H groups in total. The number of benzene rings is 1. The maximum atomic E-state index is 11.7. The van der Waals surface area contributed by atoms with Gasteiger partial charge in [0.1, 0.15) is 5.75 Å². The summed E-state index contributed by atoms with van der Waals surface area (Å²) in [6.07, 6.45) is 3.57. The third kappa shape index (κ3) is 3.83. The number of ether oxygens (including phenoxy) is 1. The third-order valence-corrected chi connectivity index (χ3v) is 2.80. The van der Waals surface area contributed by atoms with Crippen LogP contribution in [-0.4, -0.2) is 22.3 Å². The fourth-order valence-corrected chi connectivity index (χ4v) is 1.77. The van der Waals surface area contributed by atoms with E-state index in [0.717, 1.165) is 11.1 Å². The molecule has 20 heavy (non-hydrogen) atoms. The number of hydrogen-bond donors (Lipinski definition) is 2. The van der Waals surface area contributed by atoms with Crippen LogP contribution >= 0.6 is 0 Å². The highest BCUT2D eigenvalue weighted by molar-refractivity contribution is 5.77. The van der Waals surface area contributed by atoms with Crippen LogP contribution in [0.4, 0.5) is 0 Å². The van der Waals surface area contributed by atoms with Gasteiger partial charge < -0.3 is 15.8 Å². The highest BCUT2D eigenvalue weighted by atomic mass is 16.5. The second kappa shape index (κ2) is 6.72. The van der Waals surface area contributed by atoms with E-state index in [9.17, 15) is 4.79 Å². The zero-order valence-electron chi connectivity index (χ0n) is 11.4. The Labute approximate surface area is 117 Å². The Morgan fingerprint density at radius 3 is 2.95 bits per heavy atom. The lowest BCUT2D eigenvalue weighted by Crippen LogP contribution is -2.28. The number of carbonyl (C=O) groups excluding carboxylic acids is 1. The first-order chi connectivity index (χ1) is 9.69. The van der Waals surface area contributed by atoms with Crippen molar-refractivity contribution in [1.29, 1.82) is 0 Å². The third-order valence-electron chi connectivity index (χ3n) is 2.80. The summed E-state index contributed by atoms with van der Waals surface area (Å²) in [6.45, 7) is 0.791. The monoisotopic (exact) mass is 274 g/mol. The van der Waals surface area contributed by atoms with Crippen molar-refractivity contribution in [2.24, 2.45) is 12.8 Å². The molecule has 0 bridgehead atoms. The highest BCUT2D eigenvalue weighted by Gasteiger charge is 2.06. The van der Waals surface area contributed by atoms with Crippen LogP contribution in [-0.2, 0) is 24.9 Å². The van der Waals surface area contributed by atoms with Crippen molar-refractivity contribution in [3.8, 4) is 5.75 Å². The number of carbonyl (C=O) groups is 1. The van der Waals surface area contributed by atoms with Gasteiger partial charge in [0.05, 0.1) is 6.20 Å². The van der Waals surface area contributed by atoms with Crippen LogP contribution in [0.3, 0.4) is 0 Å². The predicted molar refractivity (Wildman–Crippen MR) is 74.9 cm³/mol. The van der Waals surface area contributed by atoms with Gasteiger partial charge in [-0.05, 0) is 6.07 Å². The molecule has 6 nitrogen and oxygen atoms in total. The SMILES string of the molecule is Cn1cc(CNC(=O)COc2ccccc2CN)cn1. The Morgan fingerprint density at radius 2 is 2.25 bits per heavy atom. The summed E-state index contributed by atoms with van der Waals surface area (Å²) in [5.74, 6) is 0.465. The smallest absolute Gasteiger partial charge is 0.258 e. The first-order valence-corrected chi connectivity index (χ1v) is 6.34. The molecule has 1 aromatic heterocycles. The lowest BCUT2D eigenvalue weighted by molar-refractivity contribution is -0.123. The topological polar surface area (TPSA) is 82.2 Å². The molecule has 0 saturated carbocycles. The molecule has 0 atom stereocenters. The van der Waals surface area contributed by atoms with E-state index in [0.29, 0.717) is 18.8 Å². The van der Waals surface area contributed by atoms with Crippen molar-refractivity contribution < 1.29 is 9.53 Å². The molecule has 106 valence electrons. The van der Waals surface area contributed by atoms with Crippen molar-refractivity contribution in [1.82, 2.24) is 15.1 Å². The minimum atomic E-state index is -0.180. The molecule has 0 unspecified atom stereocenters. The molecule has 0 aliphatic heterocycles. The number of rotatable bonds is 6. The van der Waals surface area contributed by atoms with Gasteiger partial charge in [-0.3, -0.25) is 9.48 Å². The van der Waals surface area contributed by atoms with Gasteiger partial charge in [0, 0.05) is 37.5 Å². The molecule has 0 aliphatic carbocycles. The van der Waals surface area contributed by atoms with E-state index >= 15 is 0 Å². The summed E-state index contributed by atoms with van der Waals surface area (Å²) < 4.78 is 7.16. The minimum absolute atomic E-state index is 0.0305. The highest BCUT2D eigenvalue weighted by Crippen LogP contribution is 2.16. The van der Waals surface area contributed by atoms with Gasteiger partial charge in [-0.1, -0.05) is 18.2 Å². The number of para-hydroxylation sites is 1. The molecular weight excluding hydrogens is 256 g/mol. The van der Waals surface area contributed by atoms with E-state index < -0.39 is 0 Å². The quantitative estimate of drug-likeness (QED) is 0.807. The number of aromatic nitrogens is 2. The standard InChI is InChI=1S/C14H18N4O2/c1-18-9-11(8-17-18)7-16-14(19)10-20-13-5-3-2-4-12(13)6-15/h2-5,8-9H,6-7,10,15H2,1H3,(H,16,19). The Morgan fingerprint density at radius 1 is 1.45 bits per heavy atom. The Bertz CT molecular complexity index is 580. The number of nitrogens with zero attached hydrogens (tertiary/aromatic N) is 2. The summed E-state index contributed by atoms with van der Waals surface area (Å²) in [7, 11) is 1.83. The van der Waals surface area contributed by atoms with Gasteiger partial charge in [-0.25, -0.2) is 0 Å². The van der Waals surface area contributed by atoms with E-state index in [1.165, 1.54) is 0 Å². The lowest BCUT2D eigenvalue weighted by Gasteiger charge is -2.10. The van der Waals surface area contributed by atoms with Crippen molar-refractivity contribution >= 4 is 5.91 Å². The molecule has 2 aromatic rings. The fourth-order valence-electron chi connectivity index (χ4n) is 1.77. The number of amides is 1. The number of nitrogens with two attached hydrogens (primary N) is 1. The van der Waals surface area contributed by atoms with Crippen LogP contribution in [0.1, 0.15) is 11.1 Å². The van der Waals surface area contributed by atoms with Crippen molar-refractivity contribution in [3.05, 3.63) is 47.8 Å². The van der Waals surface area contributed by atoms with Crippen LogP contribution in [0.15, 0.2) is 36.7 Å². The number of hydrogen-bond acceptors (Lipinski definition) is 4. The molecule has 2 rings (SSSR count). The van der Waals surface area contributed by atoms with E-state index in [1.807, 2.05) is 31.4 Å². The summed E-state index contributed by atoms with van der Waals surface area (Å²) in [4.78, 5) is 11.7. The van der Waals surface area contributed by atoms with Gasteiger partial charge in [-0.15, -0.1) is 0 Å². The van der Waals surface area contributed by atoms with Crippen LogP contribution < -0.4 is 15.8 Å². The van der Waals surface area contributed by atoms with Crippen molar-refractivity contribution in [3.63, 3.8) is 0 Å². The van der Waals surface area contributed by atoms with Crippen LogP contribution in [0.2, 0.25) is 0 Å². The van der Waals surface area contributed by atoms with Gasteiger partial charge >= 0.3 is 0 Å². The van der Waals surface area contributed by atoms with E-state index in [2.05, 4.69) is 10.4 Å². The van der Waals surface area contributed by atoms with Crippen LogP contribution in [0.5, 0.6) is 5.75 Å². The first kappa shape index (κ1) is 14.1. The second-order valence-corrected chi connectivity index (χ2v) is 4.40. The predicted octanol–water partition coefficient (Wildman–Crippen LogP) is 0.574. The van der Waals surface area contributed by atoms with E-state index in [-0.39, 0.29) is 12.5 Å². The summed E-state index contributed by atoms with van der Waals surface area (Å²) in [5, 5.41) is 6.80. The van der Waals surface area contributed by atoms with E-state index in [4.69, 9.17) is 10.5 Å². The molecule has 0 fully saturated rings. The first-order valence-electron chi connectivity index (χ1n) is 6.34. The molecule has 1 amide bonds. The Kier molecular flexibility index (Phi) is 4.73. The van der Waals surface area contributed by atoms with Crippen molar-refractivity contribution in [2.45, 2.75) is 13.1 Å². The number of nitrogens with one attached hydrogen (secondary N) is 1. The fraction of sp³-hybridized carbons (Fsp3) is 0.286. The maximum Gasteiger partial charge on any atom is 0.258 e. The summed E-state index contributed by atoms with van der Waals surface area (Å²) >= 11 is 0. The molecule has 0 saturated heterocycles. The van der Waals surface area contributed by atoms with Gasteiger partial charge in [0.25, 0.3) is 5.91 Å². The molecule has 0 aliphatic rings. The zero-order valence-corrected chi connectivity index (χ0v) is 11.4. The normalized spacial score (nSPS) is 10.3. The van der Waals surface area contributed by atoms with Crippen molar-refractivity contribution in [2.75, 3.05) is 6.61 Å². The molecule has 0 radical (unpaired) electrons. The van der Waals surface area contributed by atoms with Gasteiger partial charge in [0.2, 0.25) is 0 Å². The van der Waals surface area contributed by atoms with Crippen LogP contribution in [0, 0.1) is 0 Å². The number of aryl methyl sites for hydroxylation is 1. The maximum absolute atomic E-state index is 11.7. The second-order valence-electron chi connectivity index (χ2n) is 4.40. The zero-order chi connectivity index (χ0) is 14.4. The molecule has 6 heteroatoms. The minimum Gasteiger partial charge on any atom is -0.483 e. The summed E-state index contributed by atoms with van der Waals surface area (Å²) in [6, 6.07) is 7.42. The van der Waals surface area contributed by atoms with Crippen LogP contribution in [0.25, 0.3) is 0 Å². The van der Waals surface area contributed by atoms with Gasteiger partial charge in [0.15, 0.2) is 6.61 Å². The van der Waals surface area contributed by atoms with E-state index in [1.54, 1.807) is 16.9 Å². The molecule has 1 aromatic carbocycles. The Balaban J connectivity index is 1.80.